The van der Waals surface area contributed by atoms with E-state index in [-0.39, 0.29) is 0 Å². The van der Waals surface area contributed by atoms with Crippen molar-refractivity contribution in [2.24, 2.45) is 0 Å². The lowest BCUT2D eigenvalue weighted by molar-refractivity contribution is 0.1000. The standard InChI is InChI=1S/C13H17N3OS2/c1-2-14-13-15-11-10(5-8-18-11)12(16-13)19-9-3-6-17-7-4-9/h5,8-9H,2-4,6-7H2,1H3,(H,14,15,16). The molecule has 0 aliphatic carbocycles. The largest absolute Gasteiger partial charge is 0.381 e. The smallest absolute Gasteiger partial charge is 0.225 e. The van der Waals surface area contributed by atoms with Crippen molar-refractivity contribution in [2.75, 3.05) is 25.1 Å². The molecule has 102 valence electrons. The van der Waals surface area contributed by atoms with Crippen LogP contribution in [0.4, 0.5) is 5.95 Å². The highest BCUT2D eigenvalue weighted by Gasteiger charge is 2.18. The van der Waals surface area contributed by atoms with E-state index < -0.39 is 0 Å². The fraction of sp³-hybridized carbons (Fsp3) is 0.538. The molecule has 3 rings (SSSR count). The summed E-state index contributed by atoms with van der Waals surface area (Å²) in [6.07, 6.45) is 2.22. The normalized spacial score (nSPS) is 16.9. The number of thioether (sulfide) groups is 1. The number of hydrogen-bond donors (Lipinski definition) is 1. The van der Waals surface area contributed by atoms with Crippen molar-refractivity contribution in [3.63, 3.8) is 0 Å². The minimum atomic E-state index is 0.612. The van der Waals surface area contributed by atoms with Crippen LogP contribution in [-0.4, -0.2) is 35.0 Å². The Kier molecular flexibility index (Phi) is 4.20. The van der Waals surface area contributed by atoms with Crippen molar-refractivity contribution in [3.8, 4) is 0 Å². The maximum Gasteiger partial charge on any atom is 0.225 e. The first-order valence-corrected chi connectivity index (χ1v) is 8.36. The van der Waals surface area contributed by atoms with Crippen LogP contribution in [0.1, 0.15) is 19.8 Å². The first-order chi connectivity index (χ1) is 9.36. The Hall–Kier alpha value is -0.850. The molecule has 0 atom stereocenters. The van der Waals surface area contributed by atoms with Crippen LogP contribution in [0, 0.1) is 0 Å². The van der Waals surface area contributed by atoms with Gasteiger partial charge in [-0.2, -0.15) is 0 Å². The summed E-state index contributed by atoms with van der Waals surface area (Å²) in [6.45, 7) is 4.65. The van der Waals surface area contributed by atoms with Crippen molar-refractivity contribution in [1.29, 1.82) is 0 Å². The number of nitrogens with zero attached hydrogens (tertiary/aromatic N) is 2. The van der Waals surface area contributed by atoms with E-state index in [1.807, 2.05) is 11.8 Å². The molecule has 1 N–H and O–H groups in total. The van der Waals surface area contributed by atoms with Gasteiger partial charge in [0.2, 0.25) is 5.95 Å². The summed E-state index contributed by atoms with van der Waals surface area (Å²) >= 11 is 3.55. The van der Waals surface area contributed by atoms with E-state index in [0.29, 0.717) is 5.25 Å². The van der Waals surface area contributed by atoms with Gasteiger partial charge >= 0.3 is 0 Å². The maximum absolute atomic E-state index is 5.42. The van der Waals surface area contributed by atoms with Crippen molar-refractivity contribution in [2.45, 2.75) is 30.0 Å². The molecule has 3 heterocycles. The van der Waals surface area contributed by atoms with E-state index in [4.69, 9.17) is 4.74 Å². The number of ether oxygens (including phenoxy) is 1. The minimum absolute atomic E-state index is 0.612. The summed E-state index contributed by atoms with van der Waals surface area (Å²) < 4.78 is 5.42. The lowest BCUT2D eigenvalue weighted by Gasteiger charge is -2.21. The number of aromatic nitrogens is 2. The Labute approximate surface area is 121 Å². The molecule has 0 aromatic carbocycles. The van der Waals surface area contributed by atoms with Gasteiger partial charge < -0.3 is 10.1 Å². The third-order valence-corrected chi connectivity index (χ3v) is 5.22. The number of rotatable bonds is 4. The Morgan fingerprint density at radius 3 is 3.05 bits per heavy atom. The van der Waals surface area contributed by atoms with Gasteiger partial charge in [-0.25, -0.2) is 9.97 Å². The predicted molar refractivity (Wildman–Crippen MR) is 81.3 cm³/mol. The van der Waals surface area contributed by atoms with Crippen LogP contribution in [0.5, 0.6) is 0 Å². The molecule has 0 saturated carbocycles. The summed E-state index contributed by atoms with van der Waals surface area (Å²) in [4.78, 5) is 10.3. The minimum Gasteiger partial charge on any atom is -0.381 e. The number of hydrogen-bond acceptors (Lipinski definition) is 6. The van der Waals surface area contributed by atoms with Crippen molar-refractivity contribution in [3.05, 3.63) is 11.4 Å². The SMILES string of the molecule is CCNc1nc(SC2CCOCC2)c2ccsc2n1. The molecule has 1 saturated heterocycles. The van der Waals surface area contributed by atoms with Crippen molar-refractivity contribution >= 4 is 39.3 Å². The van der Waals surface area contributed by atoms with Crippen LogP contribution in [0.25, 0.3) is 10.2 Å². The second-order valence-corrected chi connectivity index (χ2v) is 6.64. The lowest BCUT2D eigenvalue weighted by atomic mass is 10.2. The van der Waals surface area contributed by atoms with Gasteiger partial charge in [0.25, 0.3) is 0 Å². The second-order valence-electron chi connectivity index (χ2n) is 4.45. The summed E-state index contributed by atoms with van der Waals surface area (Å²) in [5.74, 6) is 0.743. The van der Waals surface area contributed by atoms with Crippen LogP contribution in [-0.2, 0) is 4.74 Å². The van der Waals surface area contributed by atoms with Gasteiger partial charge in [-0.05, 0) is 31.2 Å². The molecule has 1 fully saturated rings. The van der Waals surface area contributed by atoms with Gasteiger partial charge in [0, 0.05) is 30.4 Å². The van der Waals surface area contributed by atoms with Crippen LogP contribution in [0.15, 0.2) is 16.5 Å². The van der Waals surface area contributed by atoms with E-state index in [1.165, 1.54) is 5.39 Å². The van der Waals surface area contributed by atoms with E-state index in [9.17, 15) is 0 Å². The zero-order valence-corrected chi connectivity index (χ0v) is 12.5. The lowest BCUT2D eigenvalue weighted by Crippen LogP contribution is -2.17. The van der Waals surface area contributed by atoms with E-state index in [1.54, 1.807) is 11.3 Å². The van der Waals surface area contributed by atoms with Crippen molar-refractivity contribution in [1.82, 2.24) is 9.97 Å². The first kappa shape index (κ1) is 13.1. The molecule has 0 bridgehead atoms. The van der Waals surface area contributed by atoms with Gasteiger partial charge in [0.1, 0.15) is 9.86 Å². The molecular weight excluding hydrogens is 278 g/mol. The highest BCUT2D eigenvalue weighted by molar-refractivity contribution is 8.00. The van der Waals surface area contributed by atoms with Crippen LogP contribution >= 0.6 is 23.1 Å². The number of anilines is 1. The number of fused-ring (bicyclic) bond motifs is 1. The molecule has 1 aliphatic heterocycles. The zero-order chi connectivity index (χ0) is 13.1. The molecule has 2 aromatic rings. The van der Waals surface area contributed by atoms with Gasteiger partial charge in [-0.15, -0.1) is 23.1 Å². The van der Waals surface area contributed by atoms with E-state index in [0.717, 1.165) is 48.4 Å². The highest BCUT2D eigenvalue weighted by atomic mass is 32.2. The Balaban J connectivity index is 1.88. The second kappa shape index (κ2) is 6.07. The summed E-state index contributed by atoms with van der Waals surface area (Å²) in [7, 11) is 0. The van der Waals surface area contributed by atoms with Crippen LogP contribution in [0.3, 0.4) is 0 Å². The average Bonchev–Trinajstić information content (AvgIpc) is 2.89. The summed E-state index contributed by atoms with van der Waals surface area (Å²) in [6, 6.07) is 2.12. The fourth-order valence-electron chi connectivity index (χ4n) is 2.11. The molecule has 0 spiro atoms. The molecule has 0 radical (unpaired) electrons. The molecule has 6 heteroatoms. The maximum atomic E-state index is 5.42. The van der Waals surface area contributed by atoms with Gasteiger partial charge in [0.05, 0.1) is 0 Å². The van der Waals surface area contributed by atoms with Crippen molar-refractivity contribution < 1.29 is 4.74 Å². The molecule has 4 nitrogen and oxygen atoms in total. The van der Waals surface area contributed by atoms with E-state index >= 15 is 0 Å². The third kappa shape index (κ3) is 3.01. The van der Waals surface area contributed by atoms with Gasteiger partial charge in [-0.3, -0.25) is 0 Å². The quantitative estimate of drug-likeness (QED) is 0.876. The molecular formula is C13H17N3OS2. The predicted octanol–water partition coefficient (Wildman–Crippen LogP) is 3.39. The number of thiophene rings is 1. The Morgan fingerprint density at radius 1 is 1.42 bits per heavy atom. The Bertz CT molecular complexity index is 552. The molecule has 0 unspecified atom stereocenters. The van der Waals surface area contributed by atoms with E-state index in [2.05, 4.69) is 33.7 Å². The average molecular weight is 295 g/mol. The molecule has 2 aromatic heterocycles. The fourth-order valence-corrected chi connectivity index (χ4v) is 4.11. The monoisotopic (exact) mass is 295 g/mol. The van der Waals surface area contributed by atoms with Crippen LogP contribution < -0.4 is 5.32 Å². The highest BCUT2D eigenvalue weighted by Crippen LogP contribution is 2.35. The molecule has 0 amide bonds. The summed E-state index contributed by atoms with van der Waals surface area (Å²) in [5.41, 5.74) is 0. The number of nitrogens with one attached hydrogen (secondary N) is 1. The van der Waals surface area contributed by atoms with Gasteiger partial charge in [0.15, 0.2) is 0 Å². The van der Waals surface area contributed by atoms with Crippen LogP contribution in [0.2, 0.25) is 0 Å². The Morgan fingerprint density at radius 2 is 2.26 bits per heavy atom. The van der Waals surface area contributed by atoms with Gasteiger partial charge in [-0.1, -0.05) is 0 Å². The summed E-state index contributed by atoms with van der Waals surface area (Å²) in [5, 5.41) is 8.20. The first-order valence-electron chi connectivity index (χ1n) is 6.60. The molecule has 19 heavy (non-hydrogen) atoms. The zero-order valence-electron chi connectivity index (χ0n) is 10.9. The molecule has 1 aliphatic rings. The topological polar surface area (TPSA) is 47.0 Å². The third-order valence-electron chi connectivity index (χ3n) is 3.07.